The summed E-state index contributed by atoms with van der Waals surface area (Å²) in [5, 5.41) is 2.02. The molecule has 1 aromatic rings. The molecule has 1 heterocycles. The molecule has 44 valence electrons. The van der Waals surface area contributed by atoms with Gasteiger partial charge in [0, 0.05) is 22.5 Å². The molecule has 0 spiro atoms. The fourth-order valence-electron chi connectivity index (χ4n) is 0.412. The highest BCUT2D eigenvalue weighted by molar-refractivity contribution is 7.97. The molecule has 0 bridgehead atoms. The minimum atomic E-state index is 0.360. The zero-order valence-corrected chi connectivity index (χ0v) is 6.55. The first kappa shape index (κ1) is 6.11. The molecule has 0 saturated carbocycles. The number of aromatic nitrogens is 1. The fourth-order valence-corrected chi connectivity index (χ4v) is 1.98. The van der Waals surface area contributed by atoms with E-state index in [1.165, 1.54) is 4.34 Å². The number of hydrogen-bond acceptors (Lipinski definition) is 2. The standard InChI is InChI=1S/C5H8NS2/c1-8(2)5-6-3-4-7-5/h3-4H,1-2H3/q+1. The average molecular weight is 146 g/mol. The van der Waals surface area contributed by atoms with Crippen molar-refractivity contribution in [2.24, 2.45) is 0 Å². The van der Waals surface area contributed by atoms with Gasteiger partial charge in [-0.2, -0.15) is 0 Å². The van der Waals surface area contributed by atoms with E-state index in [4.69, 9.17) is 0 Å². The summed E-state index contributed by atoms with van der Waals surface area (Å²) in [5.41, 5.74) is 0. The van der Waals surface area contributed by atoms with Gasteiger partial charge in [-0.25, -0.2) is 4.98 Å². The summed E-state index contributed by atoms with van der Waals surface area (Å²) in [4.78, 5) is 4.15. The normalized spacial score (nSPS) is 10.4. The van der Waals surface area contributed by atoms with Crippen molar-refractivity contribution in [3.8, 4) is 0 Å². The van der Waals surface area contributed by atoms with Crippen molar-refractivity contribution < 1.29 is 0 Å². The maximum atomic E-state index is 4.15. The first-order valence-electron chi connectivity index (χ1n) is 2.28. The molecular formula is C5H8NS2+. The summed E-state index contributed by atoms with van der Waals surface area (Å²) in [5.74, 6) is 0. The van der Waals surface area contributed by atoms with Gasteiger partial charge >= 0.3 is 4.34 Å². The first-order chi connectivity index (χ1) is 3.80. The van der Waals surface area contributed by atoms with Crippen LogP contribution < -0.4 is 0 Å². The lowest BCUT2D eigenvalue weighted by Crippen LogP contribution is -1.92. The Morgan fingerprint density at radius 1 is 1.62 bits per heavy atom. The molecule has 1 nitrogen and oxygen atoms in total. The van der Waals surface area contributed by atoms with Crippen LogP contribution in [0.1, 0.15) is 0 Å². The zero-order valence-electron chi connectivity index (χ0n) is 4.92. The molecule has 0 atom stereocenters. The highest BCUT2D eigenvalue weighted by atomic mass is 32.2. The van der Waals surface area contributed by atoms with Crippen LogP contribution in [0.2, 0.25) is 0 Å². The van der Waals surface area contributed by atoms with Crippen LogP contribution in [0.25, 0.3) is 0 Å². The van der Waals surface area contributed by atoms with Crippen molar-refractivity contribution in [1.82, 2.24) is 4.98 Å². The molecule has 0 fully saturated rings. The van der Waals surface area contributed by atoms with Crippen LogP contribution in [0.3, 0.4) is 0 Å². The summed E-state index contributed by atoms with van der Waals surface area (Å²) < 4.78 is 1.25. The van der Waals surface area contributed by atoms with E-state index in [1.54, 1.807) is 11.3 Å². The molecule has 0 amide bonds. The van der Waals surface area contributed by atoms with Gasteiger partial charge in [-0.15, -0.1) is 0 Å². The van der Waals surface area contributed by atoms with Crippen LogP contribution in [0.15, 0.2) is 15.9 Å². The minimum absolute atomic E-state index is 0.360. The maximum Gasteiger partial charge on any atom is 0.303 e. The molecule has 0 unspecified atom stereocenters. The Labute approximate surface area is 56.1 Å². The van der Waals surface area contributed by atoms with Gasteiger partial charge in [0.2, 0.25) is 0 Å². The molecule has 0 aliphatic heterocycles. The van der Waals surface area contributed by atoms with Crippen molar-refractivity contribution in [3.05, 3.63) is 11.6 Å². The lowest BCUT2D eigenvalue weighted by atomic mass is 11.0. The lowest BCUT2D eigenvalue weighted by Gasteiger charge is -1.82. The van der Waals surface area contributed by atoms with Gasteiger partial charge in [0.05, 0.1) is 0 Å². The molecule has 3 heteroatoms. The van der Waals surface area contributed by atoms with E-state index in [0.717, 1.165) is 0 Å². The predicted octanol–water partition coefficient (Wildman–Crippen LogP) is 1.38. The Balaban J connectivity index is 2.77. The fraction of sp³-hybridized carbons (Fsp3) is 0.400. The van der Waals surface area contributed by atoms with Gasteiger partial charge in [-0.3, -0.25) is 0 Å². The van der Waals surface area contributed by atoms with Crippen molar-refractivity contribution in [2.75, 3.05) is 12.5 Å². The summed E-state index contributed by atoms with van der Waals surface area (Å²) in [6.45, 7) is 0. The molecule has 8 heavy (non-hydrogen) atoms. The lowest BCUT2D eigenvalue weighted by molar-refractivity contribution is 1.25. The maximum absolute atomic E-state index is 4.15. The summed E-state index contributed by atoms with van der Waals surface area (Å²) in [6.07, 6.45) is 6.21. The quantitative estimate of drug-likeness (QED) is 0.545. The molecule has 0 saturated heterocycles. The monoisotopic (exact) mass is 146 g/mol. The molecule has 1 rings (SSSR count). The highest BCUT2D eigenvalue weighted by Gasteiger charge is 2.08. The van der Waals surface area contributed by atoms with Crippen LogP contribution in [-0.4, -0.2) is 17.5 Å². The third kappa shape index (κ3) is 1.23. The second-order valence-electron chi connectivity index (χ2n) is 1.61. The molecule has 0 N–H and O–H groups in total. The summed E-state index contributed by atoms with van der Waals surface area (Å²) >= 11 is 1.73. The van der Waals surface area contributed by atoms with Gasteiger partial charge in [0.1, 0.15) is 12.5 Å². The third-order valence-corrected chi connectivity index (χ3v) is 3.42. The molecule has 0 radical (unpaired) electrons. The molecule has 0 aliphatic carbocycles. The van der Waals surface area contributed by atoms with E-state index in [9.17, 15) is 0 Å². The van der Waals surface area contributed by atoms with Gasteiger partial charge in [0.15, 0.2) is 0 Å². The van der Waals surface area contributed by atoms with Crippen LogP contribution in [0.4, 0.5) is 0 Å². The Hall–Kier alpha value is -0.0200. The zero-order chi connectivity index (χ0) is 5.98. The summed E-state index contributed by atoms with van der Waals surface area (Å²) in [6, 6.07) is 0. The van der Waals surface area contributed by atoms with Crippen molar-refractivity contribution in [3.63, 3.8) is 0 Å². The van der Waals surface area contributed by atoms with Gasteiger partial charge in [-0.05, 0) is 0 Å². The number of rotatable bonds is 1. The van der Waals surface area contributed by atoms with Gasteiger partial charge in [0.25, 0.3) is 0 Å². The second kappa shape index (κ2) is 2.51. The number of nitrogens with zero attached hydrogens (tertiary/aromatic N) is 1. The van der Waals surface area contributed by atoms with Crippen molar-refractivity contribution in [1.29, 1.82) is 0 Å². The number of thiazole rings is 1. The van der Waals surface area contributed by atoms with Gasteiger partial charge in [-0.1, -0.05) is 11.3 Å². The Morgan fingerprint density at radius 3 is 2.62 bits per heavy atom. The Kier molecular flexibility index (Phi) is 1.91. The van der Waals surface area contributed by atoms with E-state index in [0.29, 0.717) is 10.9 Å². The highest BCUT2D eigenvalue weighted by Crippen LogP contribution is 2.10. The first-order valence-corrected chi connectivity index (χ1v) is 5.20. The van der Waals surface area contributed by atoms with E-state index in [2.05, 4.69) is 17.5 Å². The van der Waals surface area contributed by atoms with Crippen LogP contribution in [0.5, 0.6) is 0 Å². The van der Waals surface area contributed by atoms with Crippen molar-refractivity contribution >= 4 is 22.2 Å². The largest absolute Gasteiger partial charge is 0.303 e. The molecule has 0 aliphatic rings. The van der Waals surface area contributed by atoms with Crippen LogP contribution >= 0.6 is 11.3 Å². The van der Waals surface area contributed by atoms with Crippen LogP contribution in [0, 0.1) is 0 Å². The van der Waals surface area contributed by atoms with E-state index in [1.807, 2.05) is 11.6 Å². The molecule has 1 aromatic heterocycles. The van der Waals surface area contributed by atoms with Crippen molar-refractivity contribution in [2.45, 2.75) is 4.34 Å². The number of hydrogen-bond donors (Lipinski definition) is 0. The smallest absolute Gasteiger partial charge is 0.200 e. The summed E-state index contributed by atoms with van der Waals surface area (Å²) in [7, 11) is 0.360. The van der Waals surface area contributed by atoms with E-state index in [-0.39, 0.29) is 0 Å². The predicted molar refractivity (Wildman–Crippen MR) is 39.6 cm³/mol. The van der Waals surface area contributed by atoms with E-state index < -0.39 is 0 Å². The average Bonchev–Trinajstić information content (AvgIpc) is 2.12. The van der Waals surface area contributed by atoms with Gasteiger partial charge < -0.3 is 0 Å². The van der Waals surface area contributed by atoms with Crippen LogP contribution in [-0.2, 0) is 10.9 Å². The Morgan fingerprint density at radius 2 is 2.38 bits per heavy atom. The SMILES string of the molecule is C[S+](C)c1nccs1. The Bertz CT molecular complexity index is 145. The third-order valence-electron chi connectivity index (χ3n) is 0.759. The minimum Gasteiger partial charge on any atom is -0.200 e. The topological polar surface area (TPSA) is 12.9 Å². The van der Waals surface area contributed by atoms with E-state index >= 15 is 0 Å². The molecule has 0 aromatic carbocycles. The molecular weight excluding hydrogens is 138 g/mol. The second-order valence-corrected chi connectivity index (χ2v) is 4.79.